The zero-order valence-electron chi connectivity index (χ0n) is 15.2. The van der Waals surface area contributed by atoms with E-state index in [-0.39, 0.29) is 37.8 Å². The molecule has 2 aromatic carbocycles. The van der Waals surface area contributed by atoms with Gasteiger partial charge in [-0.2, -0.15) is 0 Å². The van der Waals surface area contributed by atoms with Crippen LogP contribution in [0.15, 0.2) is 41.3 Å². The van der Waals surface area contributed by atoms with Gasteiger partial charge in [0.05, 0.1) is 40.2 Å². The Hall–Kier alpha value is -2.01. The van der Waals surface area contributed by atoms with Gasteiger partial charge in [0, 0.05) is 0 Å². The third-order valence-electron chi connectivity index (χ3n) is 4.20. The van der Waals surface area contributed by atoms with Crippen LogP contribution in [-0.4, -0.2) is 35.6 Å². The molecule has 1 aliphatic heterocycles. The molecule has 1 N–H and O–H groups in total. The molecule has 0 saturated carbocycles. The van der Waals surface area contributed by atoms with E-state index >= 15 is 0 Å². The van der Waals surface area contributed by atoms with Gasteiger partial charge < -0.3 is 4.74 Å². The van der Waals surface area contributed by atoms with Gasteiger partial charge in [0.25, 0.3) is 10.0 Å². The molecule has 0 spiro atoms. The number of anilines is 2. The third kappa shape index (κ3) is 4.16. The maximum Gasteiger partial charge on any atom is 0.265 e. The maximum absolute atomic E-state index is 12.9. The summed E-state index contributed by atoms with van der Waals surface area (Å²) in [5.74, 6) is -1.73. The Morgan fingerprint density at radius 2 is 1.83 bits per heavy atom. The van der Waals surface area contributed by atoms with Gasteiger partial charge in [-0.3, -0.25) is 9.52 Å². The molecule has 2 aromatic rings. The first-order chi connectivity index (χ1) is 13.5. The summed E-state index contributed by atoms with van der Waals surface area (Å²) in [6, 6.07) is 7.83. The molecule has 0 aliphatic carbocycles. The standard InChI is InChI=1S/C17H16Cl2N2O6S2/c1-10-9-28(23,24)21(17(10)22)12-4-6-15(27-2)16(8-12)29(25,26)20-11-3-5-13(18)14(19)7-11/h3-8,10,20H,9H2,1-2H3. The summed E-state index contributed by atoms with van der Waals surface area (Å²) in [5.41, 5.74) is 0.0556. The molecule has 1 fully saturated rings. The molecule has 156 valence electrons. The Morgan fingerprint density at radius 1 is 1.14 bits per heavy atom. The van der Waals surface area contributed by atoms with Crippen molar-refractivity contribution in [1.82, 2.24) is 0 Å². The van der Waals surface area contributed by atoms with Crippen LogP contribution in [0.4, 0.5) is 11.4 Å². The van der Waals surface area contributed by atoms with E-state index < -0.39 is 31.9 Å². The number of nitrogens with one attached hydrogen (secondary N) is 1. The summed E-state index contributed by atoms with van der Waals surface area (Å²) in [6.07, 6.45) is 0. The molecule has 0 aromatic heterocycles. The highest BCUT2D eigenvalue weighted by Gasteiger charge is 2.42. The SMILES string of the molecule is COc1ccc(N2C(=O)C(C)CS2(=O)=O)cc1S(=O)(=O)Nc1ccc(Cl)c(Cl)c1. The van der Waals surface area contributed by atoms with E-state index in [1.54, 1.807) is 0 Å². The van der Waals surface area contributed by atoms with E-state index in [1.807, 2.05) is 0 Å². The normalized spacial score (nSPS) is 18.7. The van der Waals surface area contributed by atoms with Crippen LogP contribution >= 0.6 is 23.2 Å². The van der Waals surface area contributed by atoms with Crippen molar-refractivity contribution in [3.8, 4) is 5.75 Å². The number of rotatable bonds is 5. The smallest absolute Gasteiger partial charge is 0.265 e. The van der Waals surface area contributed by atoms with Gasteiger partial charge in [0.1, 0.15) is 10.6 Å². The second-order valence-corrected chi connectivity index (χ2v) is 10.7. The fraction of sp³-hybridized carbons (Fsp3) is 0.235. The number of carbonyl (C=O) groups excluding carboxylic acids is 1. The van der Waals surface area contributed by atoms with Gasteiger partial charge in [0.15, 0.2) is 0 Å². The van der Waals surface area contributed by atoms with Crippen molar-refractivity contribution in [2.75, 3.05) is 21.9 Å². The Bertz CT molecular complexity index is 1200. The van der Waals surface area contributed by atoms with E-state index in [9.17, 15) is 21.6 Å². The first kappa shape index (κ1) is 21.7. The van der Waals surface area contributed by atoms with Gasteiger partial charge in [-0.15, -0.1) is 0 Å². The quantitative estimate of drug-likeness (QED) is 0.706. The number of hydrogen-bond donors (Lipinski definition) is 1. The van der Waals surface area contributed by atoms with Gasteiger partial charge >= 0.3 is 0 Å². The summed E-state index contributed by atoms with van der Waals surface area (Å²) < 4.78 is 58.6. The summed E-state index contributed by atoms with van der Waals surface area (Å²) in [7, 11) is -6.84. The molecule has 1 aliphatic rings. The van der Waals surface area contributed by atoms with Crippen molar-refractivity contribution < 1.29 is 26.4 Å². The number of nitrogens with zero attached hydrogens (tertiary/aromatic N) is 1. The predicted octanol–water partition coefficient (Wildman–Crippen LogP) is 3.12. The molecule has 12 heteroatoms. The highest BCUT2D eigenvalue weighted by atomic mass is 35.5. The topological polar surface area (TPSA) is 110 Å². The van der Waals surface area contributed by atoms with Crippen LogP contribution in [0.3, 0.4) is 0 Å². The zero-order valence-corrected chi connectivity index (χ0v) is 18.4. The Morgan fingerprint density at radius 3 is 2.38 bits per heavy atom. The van der Waals surface area contributed by atoms with Crippen LogP contribution in [0.1, 0.15) is 6.92 Å². The first-order valence-electron chi connectivity index (χ1n) is 8.19. The molecular formula is C17H16Cl2N2O6S2. The Labute approximate surface area is 178 Å². The van der Waals surface area contributed by atoms with Gasteiger partial charge in [-0.05, 0) is 36.4 Å². The molecule has 8 nitrogen and oxygen atoms in total. The molecule has 1 amide bonds. The van der Waals surface area contributed by atoms with Crippen molar-refractivity contribution in [3.05, 3.63) is 46.4 Å². The fourth-order valence-electron chi connectivity index (χ4n) is 2.86. The lowest BCUT2D eigenvalue weighted by atomic mass is 10.2. The minimum Gasteiger partial charge on any atom is -0.495 e. The van der Waals surface area contributed by atoms with Crippen LogP contribution in [0.5, 0.6) is 5.75 Å². The number of benzene rings is 2. The number of halogens is 2. The molecular weight excluding hydrogens is 463 g/mol. The molecule has 0 bridgehead atoms. The molecule has 0 radical (unpaired) electrons. The highest BCUT2D eigenvalue weighted by molar-refractivity contribution is 7.94. The van der Waals surface area contributed by atoms with E-state index in [0.29, 0.717) is 4.31 Å². The van der Waals surface area contributed by atoms with Crippen LogP contribution in [0.2, 0.25) is 10.0 Å². The lowest BCUT2D eigenvalue weighted by molar-refractivity contribution is -0.119. The summed E-state index contributed by atoms with van der Waals surface area (Å²) >= 11 is 11.8. The number of amides is 1. The second-order valence-electron chi connectivity index (χ2n) is 6.35. The molecule has 1 unspecified atom stereocenters. The molecule has 1 heterocycles. The monoisotopic (exact) mass is 478 g/mol. The number of hydrogen-bond acceptors (Lipinski definition) is 6. The van der Waals surface area contributed by atoms with Gasteiger partial charge in [-0.1, -0.05) is 30.1 Å². The number of ether oxygens (including phenoxy) is 1. The molecule has 3 rings (SSSR count). The summed E-state index contributed by atoms with van der Waals surface area (Å²) in [6.45, 7) is 1.49. The van der Waals surface area contributed by atoms with Crippen molar-refractivity contribution in [1.29, 1.82) is 0 Å². The van der Waals surface area contributed by atoms with Crippen LogP contribution in [-0.2, 0) is 24.8 Å². The molecule has 1 atom stereocenters. The third-order valence-corrected chi connectivity index (χ3v) is 8.21. The Balaban J connectivity index is 2.07. The van der Waals surface area contributed by atoms with Crippen molar-refractivity contribution in [2.45, 2.75) is 11.8 Å². The number of methoxy groups -OCH3 is 1. The van der Waals surface area contributed by atoms with Crippen LogP contribution in [0, 0.1) is 5.92 Å². The van der Waals surface area contributed by atoms with Crippen molar-refractivity contribution in [2.24, 2.45) is 5.92 Å². The van der Waals surface area contributed by atoms with Crippen LogP contribution < -0.4 is 13.8 Å². The second kappa shape index (κ2) is 7.67. The molecule has 1 saturated heterocycles. The summed E-state index contributed by atoms with van der Waals surface area (Å²) in [4.78, 5) is 12.0. The maximum atomic E-state index is 12.9. The predicted molar refractivity (Wildman–Crippen MR) is 111 cm³/mol. The first-order valence-corrected chi connectivity index (χ1v) is 12.0. The zero-order chi connectivity index (χ0) is 21.6. The average molecular weight is 479 g/mol. The summed E-state index contributed by atoms with van der Waals surface area (Å²) in [5, 5.41) is 0.399. The van der Waals surface area contributed by atoms with Gasteiger partial charge in [0.2, 0.25) is 15.9 Å². The number of sulfonamides is 2. The Kier molecular flexibility index (Phi) is 5.74. The number of carbonyl (C=O) groups is 1. The largest absolute Gasteiger partial charge is 0.495 e. The lowest BCUT2D eigenvalue weighted by Crippen LogP contribution is -2.30. The van der Waals surface area contributed by atoms with E-state index in [4.69, 9.17) is 27.9 Å². The van der Waals surface area contributed by atoms with Crippen LogP contribution in [0.25, 0.3) is 0 Å². The van der Waals surface area contributed by atoms with Crippen molar-refractivity contribution >= 4 is 60.5 Å². The highest BCUT2D eigenvalue weighted by Crippen LogP contribution is 2.35. The molecule has 29 heavy (non-hydrogen) atoms. The van der Waals surface area contributed by atoms with E-state index in [1.165, 1.54) is 44.4 Å². The average Bonchev–Trinajstić information content (AvgIpc) is 2.84. The minimum absolute atomic E-state index is 0.0293. The lowest BCUT2D eigenvalue weighted by Gasteiger charge is -2.18. The minimum atomic E-state index is -4.22. The van der Waals surface area contributed by atoms with E-state index in [2.05, 4.69) is 4.72 Å². The fourth-order valence-corrected chi connectivity index (χ4v) is 6.21. The van der Waals surface area contributed by atoms with Gasteiger partial charge in [-0.25, -0.2) is 21.1 Å². The van der Waals surface area contributed by atoms with Crippen molar-refractivity contribution in [3.63, 3.8) is 0 Å². The van der Waals surface area contributed by atoms with E-state index in [0.717, 1.165) is 6.07 Å².